The van der Waals surface area contributed by atoms with Crippen molar-refractivity contribution in [3.8, 4) is 0 Å². The number of likely N-dealkylation sites (N-methyl/N-ethyl adjacent to an activating group) is 1. The highest BCUT2D eigenvalue weighted by molar-refractivity contribution is 7.97. The Morgan fingerprint density at radius 3 is 2.95 bits per heavy atom. The quantitative estimate of drug-likeness (QED) is 0.887. The Morgan fingerprint density at radius 2 is 2.30 bits per heavy atom. The van der Waals surface area contributed by atoms with E-state index in [2.05, 4.69) is 0 Å². The molecule has 2 rings (SSSR count). The van der Waals surface area contributed by atoms with Crippen LogP contribution in [0.25, 0.3) is 0 Å². The molecule has 0 bridgehead atoms. The van der Waals surface area contributed by atoms with Gasteiger partial charge in [-0.25, -0.2) is 0 Å². The summed E-state index contributed by atoms with van der Waals surface area (Å²) in [6.07, 6.45) is 2.18. The fraction of sp³-hybridized carbons (Fsp3) is 0.643. The molecule has 0 aliphatic carbocycles. The normalized spacial score (nSPS) is 22.8. The molecule has 1 amide bonds. The first-order chi connectivity index (χ1) is 9.51. The summed E-state index contributed by atoms with van der Waals surface area (Å²) in [5, 5.41) is 9.82. The Labute approximate surface area is 123 Å². The number of amides is 1. The molecule has 2 unspecified atom stereocenters. The van der Waals surface area contributed by atoms with Gasteiger partial charge < -0.3 is 19.3 Å². The van der Waals surface area contributed by atoms with Gasteiger partial charge in [-0.05, 0) is 38.9 Å². The van der Waals surface area contributed by atoms with Crippen molar-refractivity contribution in [2.24, 2.45) is 0 Å². The van der Waals surface area contributed by atoms with E-state index in [1.165, 1.54) is 0 Å². The average Bonchev–Trinajstić information content (AvgIpc) is 2.95. The van der Waals surface area contributed by atoms with Gasteiger partial charge in [-0.1, -0.05) is 0 Å². The maximum absolute atomic E-state index is 12.5. The lowest BCUT2D eigenvalue weighted by molar-refractivity contribution is 0.0665. The molecule has 1 aliphatic heterocycles. The Bertz CT molecular complexity index is 461. The third-order valence-electron chi connectivity index (χ3n) is 3.39. The number of aliphatic hydroxyl groups is 1. The number of nitrogens with zero attached hydrogens (tertiary/aromatic N) is 2. The lowest BCUT2D eigenvalue weighted by Crippen LogP contribution is -2.41. The van der Waals surface area contributed by atoms with Gasteiger partial charge in [0.2, 0.25) is 0 Å². The molecule has 2 heterocycles. The summed E-state index contributed by atoms with van der Waals surface area (Å²) < 4.78 is 5.58. The number of carbonyl (C=O) groups excluding carboxylic acids is 1. The van der Waals surface area contributed by atoms with Crippen molar-refractivity contribution in [2.75, 3.05) is 33.4 Å². The average molecular weight is 298 g/mol. The molecule has 6 heteroatoms. The molecule has 1 N–H and O–H groups in total. The van der Waals surface area contributed by atoms with Crippen molar-refractivity contribution in [1.29, 1.82) is 0 Å². The highest BCUT2D eigenvalue weighted by atomic mass is 32.2. The van der Waals surface area contributed by atoms with E-state index in [1.807, 2.05) is 31.3 Å². The van der Waals surface area contributed by atoms with Gasteiger partial charge in [-0.2, -0.15) is 11.8 Å². The molecule has 1 fully saturated rings. The van der Waals surface area contributed by atoms with Gasteiger partial charge in [0.05, 0.1) is 11.9 Å². The molecular formula is C14H22N2O3S. The number of hydrogen-bond donors (Lipinski definition) is 1. The SMILES string of the molecule is CSCc1ccc(C(=O)N2CC(O)CC2CN(C)C)o1. The van der Waals surface area contributed by atoms with Gasteiger partial charge in [0, 0.05) is 19.1 Å². The van der Waals surface area contributed by atoms with Crippen LogP contribution in [-0.4, -0.2) is 66.4 Å². The molecule has 0 spiro atoms. The molecule has 0 radical (unpaired) electrons. The Hall–Kier alpha value is -0.980. The van der Waals surface area contributed by atoms with Crippen molar-refractivity contribution in [3.63, 3.8) is 0 Å². The highest BCUT2D eigenvalue weighted by Gasteiger charge is 2.35. The predicted molar refractivity (Wildman–Crippen MR) is 79.9 cm³/mol. The largest absolute Gasteiger partial charge is 0.455 e. The molecule has 112 valence electrons. The predicted octanol–water partition coefficient (Wildman–Crippen LogP) is 1.28. The highest BCUT2D eigenvalue weighted by Crippen LogP contribution is 2.23. The van der Waals surface area contributed by atoms with Crippen LogP contribution in [0.15, 0.2) is 16.5 Å². The lowest BCUT2D eigenvalue weighted by Gasteiger charge is -2.26. The molecule has 1 aromatic rings. The number of β-amino-alcohol motifs (C(OH)–C–C–N with tert-alkyl or cyclic N) is 1. The van der Waals surface area contributed by atoms with Gasteiger partial charge in [0.15, 0.2) is 5.76 Å². The molecule has 5 nitrogen and oxygen atoms in total. The van der Waals surface area contributed by atoms with Crippen molar-refractivity contribution < 1.29 is 14.3 Å². The van der Waals surface area contributed by atoms with E-state index in [0.717, 1.165) is 18.1 Å². The molecule has 0 aromatic carbocycles. The van der Waals surface area contributed by atoms with Gasteiger partial charge in [-0.15, -0.1) is 0 Å². The van der Waals surface area contributed by atoms with E-state index in [0.29, 0.717) is 18.7 Å². The molecule has 20 heavy (non-hydrogen) atoms. The van der Waals surface area contributed by atoms with E-state index >= 15 is 0 Å². The summed E-state index contributed by atoms with van der Waals surface area (Å²) in [5.41, 5.74) is 0. The van der Waals surface area contributed by atoms with E-state index in [9.17, 15) is 9.90 Å². The second-order valence-corrected chi connectivity index (χ2v) is 6.33. The van der Waals surface area contributed by atoms with Crippen LogP contribution in [0.3, 0.4) is 0 Å². The minimum atomic E-state index is -0.440. The number of rotatable bonds is 5. The number of thioether (sulfide) groups is 1. The zero-order valence-electron chi connectivity index (χ0n) is 12.2. The van der Waals surface area contributed by atoms with Crippen LogP contribution in [-0.2, 0) is 5.75 Å². The third-order valence-corrected chi connectivity index (χ3v) is 3.96. The number of aliphatic hydroxyl groups excluding tert-OH is 1. The van der Waals surface area contributed by atoms with Gasteiger partial charge in [0.1, 0.15) is 5.76 Å². The summed E-state index contributed by atoms with van der Waals surface area (Å²) >= 11 is 1.66. The van der Waals surface area contributed by atoms with Crippen molar-refractivity contribution in [3.05, 3.63) is 23.7 Å². The van der Waals surface area contributed by atoms with Crippen molar-refractivity contribution in [1.82, 2.24) is 9.80 Å². The maximum Gasteiger partial charge on any atom is 0.289 e. The van der Waals surface area contributed by atoms with Crippen molar-refractivity contribution >= 4 is 17.7 Å². The van der Waals surface area contributed by atoms with Crippen LogP contribution in [0.4, 0.5) is 0 Å². The van der Waals surface area contributed by atoms with Gasteiger partial charge in [-0.3, -0.25) is 4.79 Å². The second kappa shape index (κ2) is 6.65. The van der Waals surface area contributed by atoms with Crippen molar-refractivity contribution in [2.45, 2.75) is 24.3 Å². The topological polar surface area (TPSA) is 56.9 Å². The summed E-state index contributed by atoms with van der Waals surface area (Å²) in [5.74, 6) is 1.81. The fourth-order valence-electron chi connectivity index (χ4n) is 2.59. The van der Waals surface area contributed by atoms with E-state index < -0.39 is 6.10 Å². The number of likely N-dealkylation sites (tertiary alicyclic amines) is 1. The zero-order chi connectivity index (χ0) is 14.7. The second-order valence-electron chi connectivity index (χ2n) is 5.46. The number of hydrogen-bond acceptors (Lipinski definition) is 5. The molecule has 1 aliphatic rings. The molecule has 1 aromatic heterocycles. The van der Waals surface area contributed by atoms with Gasteiger partial charge >= 0.3 is 0 Å². The van der Waals surface area contributed by atoms with Gasteiger partial charge in [0.25, 0.3) is 5.91 Å². The van der Waals surface area contributed by atoms with Crippen LogP contribution in [0, 0.1) is 0 Å². The van der Waals surface area contributed by atoms with Crippen LogP contribution >= 0.6 is 11.8 Å². The Balaban J connectivity index is 2.09. The summed E-state index contributed by atoms with van der Waals surface area (Å²) in [4.78, 5) is 16.3. The molecule has 2 atom stereocenters. The smallest absolute Gasteiger partial charge is 0.289 e. The first-order valence-electron chi connectivity index (χ1n) is 6.72. The molecule has 1 saturated heterocycles. The number of carbonyl (C=O) groups is 1. The summed E-state index contributed by atoms with van der Waals surface area (Å²) in [6.45, 7) is 1.14. The summed E-state index contributed by atoms with van der Waals surface area (Å²) in [6, 6.07) is 3.62. The van der Waals surface area contributed by atoms with E-state index in [-0.39, 0.29) is 11.9 Å². The monoisotopic (exact) mass is 298 g/mol. The van der Waals surface area contributed by atoms with E-state index in [1.54, 1.807) is 22.7 Å². The molecular weight excluding hydrogens is 276 g/mol. The first kappa shape index (κ1) is 15.4. The minimum Gasteiger partial charge on any atom is -0.455 e. The third kappa shape index (κ3) is 3.56. The number of furan rings is 1. The van der Waals surface area contributed by atoms with Crippen LogP contribution in [0.1, 0.15) is 22.7 Å². The maximum atomic E-state index is 12.5. The van der Waals surface area contributed by atoms with Crippen LogP contribution in [0.2, 0.25) is 0 Å². The minimum absolute atomic E-state index is 0.0431. The van der Waals surface area contributed by atoms with E-state index in [4.69, 9.17) is 4.42 Å². The lowest BCUT2D eigenvalue weighted by atomic mass is 10.2. The Kier molecular flexibility index (Phi) is 5.12. The summed E-state index contributed by atoms with van der Waals surface area (Å²) in [7, 11) is 3.94. The zero-order valence-corrected chi connectivity index (χ0v) is 13.0. The standard InChI is InChI=1S/C14H22N2O3S/c1-15(2)7-10-6-11(17)8-16(10)14(18)13-5-4-12(19-13)9-20-3/h4-5,10-11,17H,6-9H2,1-3H3. The van der Waals surface area contributed by atoms with Crippen LogP contribution < -0.4 is 0 Å². The van der Waals surface area contributed by atoms with Crippen LogP contribution in [0.5, 0.6) is 0 Å². The fourth-order valence-corrected chi connectivity index (χ4v) is 3.03. The Morgan fingerprint density at radius 1 is 1.55 bits per heavy atom. The first-order valence-corrected chi connectivity index (χ1v) is 8.12. The molecule has 0 saturated carbocycles.